The van der Waals surface area contributed by atoms with Crippen LogP contribution in [0, 0.1) is 0 Å². The highest BCUT2D eigenvalue weighted by Gasteiger charge is 2.27. The van der Waals surface area contributed by atoms with Crippen molar-refractivity contribution in [2.45, 2.75) is 13.0 Å². The average molecular weight is 412 g/mol. The molecule has 1 atom stereocenters. The van der Waals surface area contributed by atoms with Crippen molar-refractivity contribution in [3.05, 3.63) is 60.2 Å². The Labute approximate surface area is 173 Å². The van der Waals surface area contributed by atoms with Gasteiger partial charge in [0.05, 0.1) is 12.3 Å². The highest BCUT2D eigenvalue weighted by Crippen LogP contribution is 2.29. The smallest absolute Gasteiger partial charge is 0.244 e. The van der Waals surface area contributed by atoms with E-state index in [1.807, 2.05) is 60.4 Å². The number of ether oxygens (including phenoxy) is 1. The maximum Gasteiger partial charge on any atom is 0.244 e. The van der Waals surface area contributed by atoms with E-state index < -0.39 is 6.04 Å². The zero-order valence-corrected chi connectivity index (χ0v) is 17.0. The predicted molar refractivity (Wildman–Crippen MR) is 114 cm³/mol. The van der Waals surface area contributed by atoms with E-state index in [2.05, 4.69) is 11.0 Å². The summed E-state index contributed by atoms with van der Waals surface area (Å²) in [5.41, 5.74) is 8.10. The maximum atomic E-state index is 12.7. The van der Waals surface area contributed by atoms with Crippen LogP contribution in [-0.4, -0.2) is 43.6 Å². The van der Waals surface area contributed by atoms with Crippen molar-refractivity contribution in [3.8, 4) is 5.75 Å². The number of benzene rings is 2. The van der Waals surface area contributed by atoms with Crippen molar-refractivity contribution in [1.29, 1.82) is 0 Å². The van der Waals surface area contributed by atoms with Crippen LogP contribution in [0.3, 0.4) is 0 Å². The molecule has 1 heterocycles. The molecule has 1 saturated heterocycles. The molecule has 1 unspecified atom stereocenters. The van der Waals surface area contributed by atoms with Crippen LogP contribution in [-0.2, 0) is 4.79 Å². The van der Waals surface area contributed by atoms with Gasteiger partial charge >= 0.3 is 0 Å². The molecule has 0 aromatic heterocycles. The molecule has 0 saturated carbocycles. The molecule has 1 amide bonds. The lowest BCUT2D eigenvalue weighted by molar-refractivity contribution is -0.133. The summed E-state index contributed by atoms with van der Waals surface area (Å²) in [4.78, 5) is 16.8. The van der Waals surface area contributed by atoms with Crippen LogP contribution in [0.4, 0.5) is 5.69 Å². The van der Waals surface area contributed by atoms with Crippen LogP contribution in [0.1, 0.15) is 18.5 Å². The molecule has 1 aliphatic rings. The Hall–Kier alpha value is -1.95. The quantitative estimate of drug-likeness (QED) is 0.819. The first kappa shape index (κ1) is 23.1. The van der Waals surface area contributed by atoms with Crippen molar-refractivity contribution in [3.63, 3.8) is 0 Å². The number of halogens is 2. The van der Waals surface area contributed by atoms with Gasteiger partial charge in [0.2, 0.25) is 5.91 Å². The molecule has 2 aromatic carbocycles. The average Bonchev–Trinajstić information content (AvgIpc) is 2.68. The van der Waals surface area contributed by atoms with E-state index >= 15 is 0 Å². The largest absolute Gasteiger partial charge is 0.492 e. The van der Waals surface area contributed by atoms with Gasteiger partial charge in [-0.05, 0) is 24.6 Å². The predicted octanol–water partition coefficient (Wildman–Crippen LogP) is 3.28. The lowest BCUT2D eigenvalue weighted by atomic mass is 10.1. The molecule has 0 spiro atoms. The highest BCUT2D eigenvalue weighted by molar-refractivity contribution is 5.85. The number of rotatable bonds is 5. The summed E-state index contributed by atoms with van der Waals surface area (Å²) in [5, 5.41) is 0. The summed E-state index contributed by atoms with van der Waals surface area (Å²) >= 11 is 0. The van der Waals surface area contributed by atoms with E-state index in [1.165, 1.54) is 0 Å². The van der Waals surface area contributed by atoms with Gasteiger partial charge in [0.15, 0.2) is 0 Å². The third-order valence-corrected chi connectivity index (χ3v) is 4.52. The molecule has 1 aliphatic heterocycles. The van der Waals surface area contributed by atoms with Crippen LogP contribution in [0.5, 0.6) is 5.75 Å². The molecule has 7 heteroatoms. The van der Waals surface area contributed by atoms with Crippen molar-refractivity contribution >= 4 is 36.4 Å². The first-order chi connectivity index (χ1) is 12.2. The van der Waals surface area contributed by atoms with E-state index in [-0.39, 0.29) is 30.7 Å². The Balaban J connectivity index is 0.00000182. The minimum absolute atomic E-state index is 0. The molecular formula is C20H27Cl2N3O2. The summed E-state index contributed by atoms with van der Waals surface area (Å²) < 4.78 is 5.72. The minimum Gasteiger partial charge on any atom is -0.492 e. The third kappa shape index (κ3) is 5.51. The Morgan fingerprint density at radius 2 is 1.59 bits per heavy atom. The SMILES string of the molecule is CCOc1ccccc1N1CCN(C(=O)C(N)c2ccccc2)CC1.Cl.Cl. The second kappa shape index (κ2) is 11.0. The Morgan fingerprint density at radius 3 is 2.22 bits per heavy atom. The van der Waals surface area contributed by atoms with Gasteiger partial charge in [-0.25, -0.2) is 0 Å². The number of carbonyl (C=O) groups excluding carboxylic acids is 1. The number of para-hydroxylation sites is 2. The number of amides is 1. The van der Waals surface area contributed by atoms with Crippen LogP contribution in [0.2, 0.25) is 0 Å². The van der Waals surface area contributed by atoms with E-state index in [9.17, 15) is 4.79 Å². The molecule has 2 N–H and O–H groups in total. The summed E-state index contributed by atoms with van der Waals surface area (Å²) in [7, 11) is 0. The van der Waals surface area contributed by atoms with Crippen LogP contribution >= 0.6 is 24.8 Å². The van der Waals surface area contributed by atoms with Crippen molar-refractivity contribution in [2.75, 3.05) is 37.7 Å². The third-order valence-electron chi connectivity index (χ3n) is 4.52. The van der Waals surface area contributed by atoms with Crippen molar-refractivity contribution in [2.24, 2.45) is 5.73 Å². The van der Waals surface area contributed by atoms with Gasteiger partial charge in [-0.1, -0.05) is 42.5 Å². The molecule has 3 rings (SSSR count). The maximum absolute atomic E-state index is 12.7. The molecule has 27 heavy (non-hydrogen) atoms. The second-order valence-corrected chi connectivity index (χ2v) is 6.10. The fraction of sp³-hybridized carbons (Fsp3) is 0.350. The van der Waals surface area contributed by atoms with Crippen LogP contribution in [0.25, 0.3) is 0 Å². The molecular weight excluding hydrogens is 385 g/mol. The lowest BCUT2D eigenvalue weighted by Gasteiger charge is -2.37. The Kier molecular flexibility index (Phi) is 9.43. The number of nitrogens with two attached hydrogens (primary N) is 1. The van der Waals surface area contributed by atoms with E-state index in [0.29, 0.717) is 19.7 Å². The molecule has 148 valence electrons. The number of piperazine rings is 1. The monoisotopic (exact) mass is 411 g/mol. The Bertz CT molecular complexity index is 707. The minimum atomic E-state index is -0.594. The fourth-order valence-electron chi connectivity index (χ4n) is 3.16. The van der Waals surface area contributed by atoms with Crippen molar-refractivity contribution < 1.29 is 9.53 Å². The van der Waals surface area contributed by atoms with E-state index in [1.54, 1.807) is 0 Å². The van der Waals surface area contributed by atoms with Gasteiger partial charge in [0.1, 0.15) is 11.8 Å². The Morgan fingerprint density at radius 1 is 1.00 bits per heavy atom. The zero-order chi connectivity index (χ0) is 17.6. The topological polar surface area (TPSA) is 58.8 Å². The van der Waals surface area contributed by atoms with Gasteiger partial charge in [0.25, 0.3) is 0 Å². The highest BCUT2D eigenvalue weighted by atomic mass is 35.5. The number of nitrogens with zero attached hydrogens (tertiary/aromatic N) is 2. The fourth-order valence-corrected chi connectivity index (χ4v) is 3.16. The summed E-state index contributed by atoms with van der Waals surface area (Å²) in [6.45, 7) is 5.51. The summed E-state index contributed by atoms with van der Waals surface area (Å²) in [5.74, 6) is 0.884. The molecule has 0 radical (unpaired) electrons. The first-order valence-electron chi connectivity index (χ1n) is 8.76. The van der Waals surface area contributed by atoms with Crippen LogP contribution < -0.4 is 15.4 Å². The van der Waals surface area contributed by atoms with Crippen molar-refractivity contribution in [1.82, 2.24) is 4.90 Å². The number of hydrogen-bond acceptors (Lipinski definition) is 4. The molecule has 0 aliphatic carbocycles. The van der Waals surface area contributed by atoms with Gasteiger partial charge in [-0.2, -0.15) is 0 Å². The summed E-state index contributed by atoms with van der Waals surface area (Å²) in [6, 6.07) is 17.0. The van der Waals surface area contributed by atoms with Gasteiger partial charge in [0, 0.05) is 26.2 Å². The molecule has 2 aromatic rings. The molecule has 1 fully saturated rings. The number of carbonyl (C=O) groups is 1. The zero-order valence-electron chi connectivity index (χ0n) is 15.4. The van der Waals surface area contributed by atoms with E-state index in [4.69, 9.17) is 10.5 Å². The standard InChI is InChI=1S/C20H25N3O2.2ClH/c1-2-25-18-11-7-6-10-17(18)22-12-14-23(15-13-22)20(24)19(21)16-8-4-3-5-9-16;;/h3-11,19H,2,12-15,21H2,1H3;2*1H. The van der Waals surface area contributed by atoms with E-state index in [0.717, 1.165) is 30.1 Å². The lowest BCUT2D eigenvalue weighted by Crippen LogP contribution is -2.51. The first-order valence-corrected chi connectivity index (χ1v) is 8.76. The second-order valence-electron chi connectivity index (χ2n) is 6.10. The van der Waals surface area contributed by atoms with Gasteiger partial charge in [-0.3, -0.25) is 4.79 Å². The molecule has 0 bridgehead atoms. The number of anilines is 1. The molecule has 5 nitrogen and oxygen atoms in total. The van der Waals surface area contributed by atoms with Crippen LogP contribution in [0.15, 0.2) is 54.6 Å². The normalized spacial score (nSPS) is 14.6. The number of hydrogen-bond donors (Lipinski definition) is 1. The summed E-state index contributed by atoms with van der Waals surface area (Å²) in [6.07, 6.45) is 0. The van der Waals surface area contributed by atoms with Gasteiger partial charge < -0.3 is 20.3 Å². The van der Waals surface area contributed by atoms with Gasteiger partial charge in [-0.15, -0.1) is 24.8 Å².